The number of amides is 1. The highest BCUT2D eigenvalue weighted by molar-refractivity contribution is 7.89. The fraction of sp³-hybridized carbons (Fsp3) is 0.474. The molecule has 1 aromatic carbocycles. The third-order valence-corrected chi connectivity index (χ3v) is 6.82. The van der Waals surface area contributed by atoms with Crippen LogP contribution in [0.1, 0.15) is 19.8 Å². The lowest BCUT2D eigenvalue weighted by molar-refractivity contribution is -0.116. The Bertz CT molecular complexity index is 857. The summed E-state index contributed by atoms with van der Waals surface area (Å²) in [6.07, 6.45) is 4.63. The quantitative estimate of drug-likeness (QED) is 0.721. The monoisotopic (exact) mass is 405 g/mol. The van der Waals surface area contributed by atoms with Gasteiger partial charge in [-0.3, -0.25) is 9.48 Å². The third-order valence-electron chi connectivity index (χ3n) is 4.90. The summed E-state index contributed by atoms with van der Waals surface area (Å²) in [7, 11) is -3.49. The summed E-state index contributed by atoms with van der Waals surface area (Å²) in [5.41, 5.74) is 0.596. The fourth-order valence-corrected chi connectivity index (χ4v) is 4.63. The summed E-state index contributed by atoms with van der Waals surface area (Å²) in [5.74, 6) is -0.0987. The standard InChI is InChI=1S/C19H27N5O3S/c1-2-22-13-15-24(16-14-22)28(26,27)18-8-6-17(7-9-18)21-19(25)5-3-11-23-12-4-10-20-23/h4,6-10,12H,2-3,5,11,13-16H2,1H3,(H,21,25). The Morgan fingerprint density at radius 3 is 2.46 bits per heavy atom. The van der Waals surface area contributed by atoms with E-state index in [-0.39, 0.29) is 10.8 Å². The number of sulfonamides is 1. The van der Waals surface area contributed by atoms with Crippen LogP contribution in [0.15, 0.2) is 47.6 Å². The molecule has 28 heavy (non-hydrogen) atoms. The van der Waals surface area contributed by atoms with E-state index >= 15 is 0 Å². The molecule has 0 saturated carbocycles. The van der Waals surface area contributed by atoms with Crippen LogP contribution < -0.4 is 5.32 Å². The lowest BCUT2D eigenvalue weighted by Gasteiger charge is -2.33. The second-order valence-electron chi connectivity index (χ2n) is 6.78. The SMILES string of the molecule is CCN1CCN(S(=O)(=O)c2ccc(NC(=O)CCCn3cccn3)cc2)CC1. The zero-order valence-electron chi connectivity index (χ0n) is 16.1. The maximum atomic E-state index is 12.8. The lowest BCUT2D eigenvalue weighted by Crippen LogP contribution is -2.48. The molecule has 1 aliphatic heterocycles. The first-order valence-electron chi connectivity index (χ1n) is 9.59. The van der Waals surface area contributed by atoms with Gasteiger partial charge in [0.1, 0.15) is 0 Å². The molecule has 152 valence electrons. The van der Waals surface area contributed by atoms with E-state index in [1.807, 2.05) is 12.3 Å². The Balaban J connectivity index is 1.51. The predicted octanol–water partition coefficient (Wildman–Crippen LogP) is 1.63. The lowest BCUT2D eigenvalue weighted by atomic mass is 10.2. The van der Waals surface area contributed by atoms with Crippen molar-refractivity contribution < 1.29 is 13.2 Å². The van der Waals surface area contributed by atoms with Gasteiger partial charge in [-0.1, -0.05) is 6.92 Å². The Morgan fingerprint density at radius 1 is 1.14 bits per heavy atom. The van der Waals surface area contributed by atoms with Crippen molar-refractivity contribution in [3.8, 4) is 0 Å². The highest BCUT2D eigenvalue weighted by atomic mass is 32.2. The summed E-state index contributed by atoms with van der Waals surface area (Å²) in [6.45, 7) is 6.21. The molecule has 0 aliphatic carbocycles. The molecule has 8 nitrogen and oxygen atoms in total. The summed E-state index contributed by atoms with van der Waals surface area (Å²) in [4.78, 5) is 14.5. The van der Waals surface area contributed by atoms with Gasteiger partial charge in [0.05, 0.1) is 4.90 Å². The van der Waals surface area contributed by atoms with Gasteiger partial charge in [-0.2, -0.15) is 9.40 Å². The number of aryl methyl sites for hydroxylation is 1. The highest BCUT2D eigenvalue weighted by Crippen LogP contribution is 2.20. The molecule has 0 spiro atoms. The number of benzene rings is 1. The molecule has 0 radical (unpaired) electrons. The summed E-state index contributed by atoms with van der Waals surface area (Å²) < 4.78 is 28.9. The number of rotatable bonds is 8. The molecule has 0 unspecified atom stereocenters. The van der Waals surface area contributed by atoms with Crippen molar-refractivity contribution in [1.82, 2.24) is 19.0 Å². The largest absolute Gasteiger partial charge is 0.326 e. The van der Waals surface area contributed by atoms with Gasteiger partial charge in [0.15, 0.2) is 0 Å². The Kier molecular flexibility index (Phi) is 6.82. The van der Waals surface area contributed by atoms with Crippen LogP contribution in [0.4, 0.5) is 5.69 Å². The number of anilines is 1. The molecule has 9 heteroatoms. The average Bonchev–Trinajstić information content (AvgIpc) is 3.22. The van der Waals surface area contributed by atoms with Crippen LogP contribution in [0.5, 0.6) is 0 Å². The smallest absolute Gasteiger partial charge is 0.243 e. The molecule has 2 aromatic rings. The van der Waals surface area contributed by atoms with Crippen LogP contribution >= 0.6 is 0 Å². The molecule has 2 heterocycles. The van der Waals surface area contributed by atoms with Crippen molar-refractivity contribution in [2.24, 2.45) is 0 Å². The molecular formula is C19H27N5O3S. The Hall–Kier alpha value is -2.23. The van der Waals surface area contributed by atoms with Crippen molar-refractivity contribution >= 4 is 21.6 Å². The number of nitrogens with zero attached hydrogens (tertiary/aromatic N) is 4. The minimum atomic E-state index is -3.49. The van der Waals surface area contributed by atoms with Crippen LogP contribution in [-0.2, 0) is 21.4 Å². The number of nitrogens with one attached hydrogen (secondary N) is 1. The van der Waals surface area contributed by atoms with Crippen molar-refractivity contribution in [2.45, 2.75) is 31.2 Å². The summed E-state index contributed by atoms with van der Waals surface area (Å²) in [5, 5.41) is 6.91. The predicted molar refractivity (Wildman–Crippen MR) is 107 cm³/mol. The first-order valence-corrected chi connectivity index (χ1v) is 11.0. The van der Waals surface area contributed by atoms with Crippen LogP contribution in [0.2, 0.25) is 0 Å². The van der Waals surface area contributed by atoms with E-state index in [1.54, 1.807) is 35.1 Å². The molecule has 1 amide bonds. The number of carbonyl (C=O) groups is 1. The van der Waals surface area contributed by atoms with Crippen LogP contribution in [-0.4, -0.2) is 66.0 Å². The van der Waals surface area contributed by atoms with E-state index in [4.69, 9.17) is 0 Å². The second kappa shape index (κ2) is 9.31. The van der Waals surface area contributed by atoms with E-state index in [2.05, 4.69) is 22.2 Å². The van der Waals surface area contributed by atoms with E-state index in [0.717, 1.165) is 19.6 Å². The minimum Gasteiger partial charge on any atom is -0.326 e. The molecule has 1 aliphatic rings. The summed E-state index contributed by atoms with van der Waals surface area (Å²) in [6, 6.07) is 8.24. The zero-order chi connectivity index (χ0) is 20.0. The van der Waals surface area contributed by atoms with Crippen LogP contribution in [0, 0.1) is 0 Å². The maximum absolute atomic E-state index is 12.8. The molecule has 0 bridgehead atoms. The van der Waals surface area contributed by atoms with Gasteiger partial charge in [-0.15, -0.1) is 0 Å². The van der Waals surface area contributed by atoms with Gasteiger partial charge in [-0.05, 0) is 43.3 Å². The van der Waals surface area contributed by atoms with Gasteiger partial charge in [0.2, 0.25) is 15.9 Å². The molecular weight excluding hydrogens is 378 g/mol. The molecule has 1 saturated heterocycles. The van der Waals surface area contributed by atoms with Gasteiger partial charge < -0.3 is 10.2 Å². The third kappa shape index (κ3) is 5.18. The zero-order valence-corrected chi connectivity index (χ0v) is 16.9. The second-order valence-corrected chi connectivity index (χ2v) is 8.72. The van der Waals surface area contributed by atoms with E-state index in [0.29, 0.717) is 38.2 Å². The average molecular weight is 406 g/mol. The van der Waals surface area contributed by atoms with E-state index in [9.17, 15) is 13.2 Å². The number of aromatic nitrogens is 2. The number of hydrogen-bond donors (Lipinski definition) is 1. The van der Waals surface area contributed by atoms with Gasteiger partial charge in [0.25, 0.3) is 0 Å². The molecule has 1 aromatic heterocycles. The van der Waals surface area contributed by atoms with Gasteiger partial charge >= 0.3 is 0 Å². The highest BCUT2D eigenvalue weighted by Gasteiger charge is 2.27. The molecule has 1 N–H and O–H groups in total. The van der Waals surface area contributed by atoms with Gasteiger partial charge in [0, 0.05) is 57.2 Å². The normalized spacial score (nSPS) is 16.2. The van der Waals surface area contributed by atoms with Crippen molar-refractivity contribution in [3.63, 3.8) is 0 Å². The molecule has 1 fully saturated rings. The number of hydrogen-bond acceptors (Lipinski definition) is 5. The Morgan fingerprint density at radius 2 is 1.86 bits per heavy atom. The first-order chi connectivity index (χ1) is 13.5. The van der Waals surface area contributed by atoms with Crippen molar-refractivity contribution in [2.75, 3.05) is 38.0 Å². The number of carbonyl (C=O) groups excluding carboxylic acids is 1. The van der Waals surface area contributed by atoms with Crippen LogP contribution in [0.3, 0.4) is 0 Å². The summed E-state index contributed by atoms with van der Waals surface area (Å²) >= 11 is 0. The minimum absolute atomic E-state index is 0.0987. The molecule has 0 atom stereocenters. The van der Waals surface area contributed by atoms with E-state index in [1.165, 1.54) is 4.31 Å². The Labute approximate surface area is 166 Å². The topological polar surface area (TPSA) is 87.5 Å². The van der Waals surface area contributed by atoms with Crippen molar-refractivity contribution in [3.05, 3.63) is 42.7 Å². The number of piperazine rings is 1. The maximum Gasteiger partial charge on any atom is 0.243 e. The van der Waals surface area contributed by atoms with Crippen LogP contribution in [0.25, 0.3) is 0 Å². The van der Waals surface area contributed by atoms with E-state index < -0.39 is 10.0 Å². The number of likely N-dealkylation sites (N-methyl/N-ethyl adjacent to an activating group) is 1. The fourth-order valence-electron chi connectivity index (χ4n) is 3.20. The molecule has 3 rings (SSSR count). The first kappa shape index (κ1) is 20.5. The van der Waals surface area contributed by atoms with Crippen molar-refractivity contribution in [1.29, 1.82) is 0 Å². The van der Waals surface area contributed by atoms with Gasteiger partial charge in [-0.25, -0.2) is 8.42 Å².